The fourth-order valence-electron chi connectivity index (χ4n) is 4.02. The van der Waals surface area contributed by atoms with Crippen molar-refractivity contribution in [2.75, 3.05) is 50.8 Å². The van der Waals surface area contributed by atoms with Crippen LogP contribution in [0.5, 0.6) is 0 Å². The van der Waals surface area contributed by atoms with E-state index in [1.165, 1.54) is 6.92 Å². The van der Waals surface area contributed by atoms with Crippen LogP contribution in [-0.4, -0.2) is 82.1 Å². The Labute approximate surface area is 191 Å². The zero-order valence-corrected chi connectivity index (χ0v) is 18.3. The van der Waals surface area contributed by atoms with Crippen molar-refractivity contribution in [3.63, 3.8) is 0 Å². The van der Waals surface area contributed by atoms with Gasteiger partial charge in [0, 0.05) is 58.2 Å². The lowest BCUT2D eigenvalue weighted by molar-refractivity contribution is -0.139. The Morgan fingerprint density at radius 2 is 1.62 bits per heavy atom. The Bertz CT molecular complexity index is 977. The molecule has 2 aromatic rings. The first kappa shape index (κ1) is 24.5. The van der Waals surface area contributed by atoms with Gasteiger partial charge < -0.3 is 9.64 Å². The minimum atomic E-state index is -4.49. The quantitative estimate of drug-likeness (QED) is 0.605. The molecule has 0 saturated carbocycles. The van der Waals surface area contributed by atoms with Gasteiger partial charge in [0.2, 0.25) is 5.95 Å². The van der Waals surface area contributed by atoms with E-state index in [0.717, 1.165) is 18.6 Å². The second-order valence-corrected chi connectivity index (χ2v) is 8.18. The molecule has 0 N–H and O–H groups in total. The largest absolute Gasteiger partial charge is 0.419 e. The summed E-state index contributed by atoms with van der Waals surface area (Å²) in [5, 5.41) is 7.44. The SMILES string of the molecule is Cc1c(C(F)(F)F)cnnc1CN1CCOC(N2CCN(c3ncc(C(F)(F)F)cn3)CC2)C1. The van der Waals surface area contributed by atoms with E-state index in [4.69, 9.17) is 4.74 Å². The number of piperazine rings is 1. The van der Waals surface area contributed by atoms with Crippen molar-refractivity contribution in [2.24, 2.45) is 0 Å². The fraction of sp³-hybridized carbons (Fsp3) is 0.600. The minimum Gasteiger partial charge on any atom is -0.360 e. The summed E-state index contributed by atoms with van der Waals surface area (Å²) in [7, 11) is 0. The van der Waals surface area contributed by atoms with Crippen LogP contribution in [-0.2, 0) is 23.6 Å². The lowest BCUT2D eigenvalue weighted by atomic mass is 10.1. The molecule has 0 bridgehead atoms. The predicted molar refractivity (Wildman–Crippen MR) is 108 cm³/mol. The van der Waals surface area contributed by atoms with Crippen LogP contribution in [0, 0.1) is 6.92 Å². The van der Waals surface area contributed by atoms with Crippen LogP contribution in [0.25, 0.3) is 0 Å². The van der Waals surface area contributed by atoms with Gasteiger partial charge in [-0.15, -0.1) is 0 Å². The average Bonchev–Trinajstić information content (AvgIpc) is 2.79. The number of hydrogen-bond acceptors (Lipinski definition) is 8. The predicted octanol–water partition coefficient (Wildman–Crippen LogP) is 2.59. The van der Waals surface area contributed by atoms with E-state index in [9.17, 15) is 26.3 Å². The number of nitrogens with zero attached hydrogens (tertiary/aromatic N) is 7. The summed E-state index contributed by atoms with van der Waals surface area (Å²) < 4.78 is 83.5. The third-order valence-electron chi connectivity index (χ3n) is 5.98. The highest BCUT2D eigenvalue weighted by molar-refractivity contribution is 5.31. The molecule has 1 atom stereocenters. The molecule has 2 aliphatic heterocycles. The molecule has 2 aromatic heterocycles. The summed E-state index contributed by atoms with van der Waals surface area (Å²) in [6, 6.07) is 0. The highest BCUT2D eigenvalue weighted by Crippen LogP contribution is 2.32. The number of halogens is 6. The second-order valence-electron chi connectivity index (χ2n) is 8.18. The Balaban J connectivity index is 1.33. The van der Waals surface area contributed by atoms with Crippen molar-refractivity contribution in [2.45, 2.75) is 32.0 Å². The summed E-state index contributed by atoms with van der Waals surface area (Å²) in [4.78, 5) is 13.6. The molecule has 1 unspecified atom stereocenters. The molecule has 4 rings (SSSR count). The molecule has 4 heterocycles. The monoisotopic (exact) mass is 491 g/mol. The van der Waals surface area contributed by atoms with Crippen molar-refractivity contribution >= 4 is 5.95 Å². The molecule has 0 radical (unpaired) electrons. The summed E-state index contributed by atoms with van der Waals surface area (Å²) in [5.41, 5.74) is -1.34. The summed E-state index contributed by atoms with van der Waals surface area (Å²) >= 11 is 0. The number of ether oxygens (including phenoxy) is 1. The topological polar surface area (TPSA) is 70.5 Å². The molecule has 0 amide bonds. The molecule has 2 saturated heterocycles. The van der Waals surface area contributed by atoms with Crippen molar-refractivity contribution in [3.05, 3.63) is 41.0 Å². The van der Waals surface area contributed by atoms with Gasteiger partial charge in [0.1, 0.15) is 6.23 Å². The molecule has 0 spiro atoms. The highest BCUT2D eigenvalue weighted by Gasteiger charge is 2.35. The summed E-state index contributed by atoms with van der Waals surface area (Å²) in [6.45, 7) is 5.22. The van der Waals surface area contributed by atoms with Gasteiger partial charge in [0.05, 0.1) is 29.6 Å². The molecule has 14 heteroatoms. The molecule has 8 nitrogen and oxygen atoms in total. The number of morpholine rings is 1. The molecule has 0 aromatic carbocycles. The van der Waals surface area contributed by atoms with Crippen molar-refractivity contribution in [3.8, 4) is 0 Å². The van der Waals surface area contributed by atoms with Crippen LogP contribution >= 0.6 is 0 Å². The van der Waals surface area contributed by atoms with Crippen molar-refractivity contribution < 1.29 is 31.1 Å². The standard InChI is InChI=1S/C20H23F6N7O/c1-13-15(20(24,25)26)10-29-30-16(13)11-31-6-7-34-17(12-31)32-2-4-33(5-3-32)18-27-8-14(9-28-18)19(21,22)23/h8-10,17H,2-7,11-12H2,1H3. The minimum absolute atomic E-state index is 0.0655. The third kappa shape index (κ3) is 5.55. The Hall–Kier alpha value is -2.58. The van der Waals surface area contributed by atoms with E-state index < -0.39 is 23.5 Å². The van der Waals surface area contributed by atoms with Gasteiger partial charge in [-0.25, -0.2) is 9.97 Å². The first-order chi connectivity index (χ1) is 16.0. The summed E-state index contributed by atoms with van der Waals surface area (Å²) in [5.74, 6) is 0.234. The van der Waals surface area contributed by atoms with Crippen LogP contribution in [0.2, 0.25) is 0 Å². The van der Waals surface area contributed by atoms with Gasteiger partial charge in [0.25, 0.3) is 0 Å². The number of alkyl halides is 6. The van der Waals surface area contributed by atoms with Gasteiger partial charge in [-0.05, 0) is 12.5 Å². The fourth-order valence-corrected chi connectivity index (χ4v) is 4.02. The summed E-state index contributed by atoms with van der Waals surface area (Å²) in [6.07, 6.45) is -6.95. The molecule has 34 heavy (non-hydrogen) atoms. The van der Waals surface area contributed by atoms with Gasteiger partial charge >= 0.3 is 12.4 Å². The third-order valence-corrected chi connectivity index (χ3v) is 5.98. The number of rotatable bonds is 4. The van der Waals surface area contributed by atoms with E-state index >= 15 is 0 Å². The highest BCUT2D eigenvalue weighted by atomic mass is 19.4. The zero-order valence-electron chi connectivity index (χ0n) is 18.3. The molecule has 186 valence electrons. The van der Waals surface area contributed by atoms with Gasteiger partial charge in [-0.1, -0.05) is 0 Å². The van der Waals surface area contributed by atoms with E-state index in [2.05, 4.69) is 25.1 Å². The molecule has 2 aliphatic rings. The molecular formula is C20H23F6N7O. The van der Waals surface area contributed by atoms with Crippen LogP contribution in [0.4, 0.5) is 32.3 Å². The van der Waals surface area contributed by atoms with E-state index in [1.54, 1.807) is 4.90 Å². The Morgan fingerprint density at radius 1 is 0.941 bits per heavy atom. The maximum atomic E-state index is 13.2. The van der Waals surface area contributed by atoms with Crippen LogP contribution < -0.4 is 4.90 Å². The zero-order chi connectivity index (χ0) is 24.5. The van der Waals surface area contributed by atoms with Gasteiger partial charge in [0.15, 0.2) is 0 Å². The Morgan fingerprint density at radius 3 is 2.24 bits per heavy atom. The lowest BCUT2D eigenvalue weighted by Crippen LogP contribution is -2.57. The number of hydrogen-bond donors (Lipinski definition) is 0. The molecular weight excluding hydrogens is 468 g/mol. The first-order valence-electron chi connectivity index (χ1n) is 10.6. The second kappa shape index (κ2) is 9.58. The van der Waals surface area contributed by atoms with Gasteiger partial charge in [-0.2, -0.15) is 36.5 Å². The van der Waals surface area contributed by atoms with E-state index in [-0.39, 0.29) is 30.0 Å². The van der Waals surface area contributed by atoms with E-state index in [0.29, 0.717) is 45.9 Å². The maximum absolute atomic E-state index is 13.2. The van der Waals surface area contributed by atoms with Crippen LogP contribution in [0.1, 0.15) is 22.4 Å². The van der Waals surface area contributed by atoms with Crippen molar-refractivity contribution in [1.29, 1.82) is 0 Å². The average molecular weight is 491 g/mol. The number of anilines is 1. The van der Waals surface area contributed by atoms with E-state index in [1.807, 2.05) is 4.90 Å². The Kier molecular flexibility index (Phi) is 6.92. The molecule has 2 fully saturated rings. The lowest BCUT2D eigenvalue weighted by Gasteiger charge is -2.43. The van der Waals surface area contributed by atoms with Gasteiger partial charge in [-0.3, -0.25) is 9.80 Å². The van der Waals surface area contributed by atoms with Crippen LogP contribution in [0.15, 0.2) is 18.6 Å². The number of aromatic nitrogens is 4. The van der Waals surface area contributed by atoms with Crippen LogP contribution in [0.3, 0.4) is 0 Å². The normalized spacial score (nSPS) is 21.1. The maximum Gasteiger partial charge on any atom is 0.419 e. The smallest absolute Gasteiger partial charge is 0.360 e. The van der Waals surface area contributed by atoms with Crippen molar-refractivity contribution in [1.82, 2.24) is 30.0 Å². The first-order valence-corrected chi connectivity index (χ1v) is 10.6. The molecule has 0 aliphatic carbocycles.